The Kier molecular flexibility index (Phi) is 3.61. The number of hydrogen-bond donors (Lipinski definition) is 0. The van der Waals surface area contributed by atoms with Gasteiger partial charge in [0.1, 0.15) is 5.82 Å². The molecule has 1 heterocycles. The molecule has 0 saturated carbocycles. The lowest BCUT2D eigenvalue weighted by atomic mass is 10.1. The average molecular weight is 311 g/mol. The van der Waals surface area contributed by atoms with Crippen molar-refractivity contribution < 1.29 is 9.18 Å². The summed E-state index contributed by atoms with van der Waals surface area (Å²) in [5, 5.41) is 4.18. The Balaban J connectivity index is 2.22. The van der Waals surface area contributed by atoms with E-state index in [1.165, 1.54) is 18.2 Å². The van der Waals surface area contributed by atoms with E-state index >= 15 is 0 Å². The minimum Gasteiger partial charge on any atom is -0.294 e. The van der Waals surface area contributed by atoms with Crippen LogP contribution in [0.15, 0.2) is 28.7 Å². The lowest BCUT2D eigenvalue weighted by Crippen LogP contribution is -2.08. The van der Waals surface area contributed by atoms with E-state index in [1.54, 1.807) is 11.7 Å². The largest absolute Gasteiger partial charge is 0.294 e. The first-order chi connectivity index (χ1) is 8.47. The Morgan fingerprint density at radius 3 is 2.72 bits per heavy atom. The average Bonchev–Trinajstić information content (AvgIpc) is 2.61. The number of aryl methyl sites for hydroxylation is 2. The van der Waals surface area contributed by atoms with Crippen LogP contribution in [0.5, 0.6) is 0 Å². The summed E-state index contributed by atoms with van der Waals surface area (Å²) < 4.78 is 15.1. The maximum absolute atomic E-state index is 13.1. The highest BCUT2D eigenvalue weighted by Gasteiger charge is 2.12. The molecule has 94 valence electrons. The van der Waals surface area contributed by atoms with Crippen molar-refractivity contribution in [1.29, 1.82) is 0 Å². The van der Waals surface area contributed by atoms with Gasteiger partial charge >= 0.3 is 0 Å². The number of carbonyl (C=O) groups is 1. The smallest absolute Gasteiger partial charge is 0.168 e. The van der Waals surface area contributed by atoms with Gasteiger partial charge < -0.3 is 0 Å². The molecule has 1 aromatic carbocycles. The maximum Gasteiger partial charge on any atom is 0.168 e. The monoisotopic (exact) mass is 310 g/mol. The summed E-state index contributed by atoms with van der Waals surface area (Å²) in [5.41, 5.74) is 2.21. The Bertz CT molecular complexity index is 607. The number of nitrogens with zero attached hydrogens (tertiary/aromatic N) is 2. The van der Waals surface area contributed by atoms with Gasteiger partial charge in [0, 0.05) is 18.3 Å². The van der Waals surface area contributed by atoms with E-state index < -0.39 is 0 Å². The fourth-order valence-corrected chi connectivity index (χ4v) is 2.14. The minimum absolute atomic E-state index is 0.0568. The van der Waals surface area contributed by atoms with Crippen LogP contribution in [0.1, 0.15) is 21.7 Å². The van der Waals surface area contributed by atoms with Crippen molar-refractivity contribution in [2.45, 2.75) is 13.3 Å². The summed E-state index contributed by atoms with van der Waals surface area (Å²) in [6.07, 6.45) is 0.259. The van der Waals surface area contributed by atoms with E-state index in [-0.39, 0.29) is 18.0 Å². The molecule has 0 fully saturated rings. The van der Waals surface area contributed by atoms with Crippen LogP contribution in [0.25, 0.3) is 0 Å². The summed E-state index contributed by atoms with van der Waals surface area (Å²) in [4.78, 5) is 12.1. The number of hydrogen-bond acceptors (Lipinski definition) is 2. The van der Waals surface area contributed by atoms with Crippen LogP contribution in [0.3, 0.4) is 0 Å². The molecular formula is C13H12BrFN2O. The number of ketones is 1. The molecule has 5 heteroatoms. The molecule has 0 unspecified atom stereocenters. The summed E-state index contributed by atoms with van der Waals surface area (Å²) in [7, 11) is 1.80. The van der Waals surface area contributed by atoms with Gasteiger partial charge in [-0.15, -0.1) is 0 Å². The van der Waals surface area contributed by atoms with Crippen molar-refractivity contribution >= 4 is 21.7 Å². The van der Waals surface area contributed by atoms with Crippen LogP contribution in [0.2, 0.25) is 0 Å². The molecular weight excluding hydrogens is 299 g/mol. The number of carbonyl (C=O) groups excluding carboxylic acids is 1. The molecule has 18 heavy (non-hydrogen) atoms. The Hall–Kier alpha value is -1.49. The van der Waals surface area contributed by atoms with Crippen LogP contribution in [0.4, 0.5) is 4.39 Å². The third kappa shape index (κ3) is 2.67. The molecule has 3 nitrogen and oxygen atoms in total. The molecule has 0 bridgehead atoms. The molecule has 0 aliphatic carbocycles. The molecule has 0 amide bonds. The fraction of sp³-hybridized carbons (Fsp3) is 0.231. The number of halogens is 2. The lowest BCUT2D eigenvalue weighted by molar-refractivity contribution is 0.0990. The van der Waals surface area contributed by atoms with Gasteiger partial charge in [-0.1, -0.05) is 0 Å². The zero-order chi connectivity index (χ0) is 13.3. The van der Waals surface area contributed by atoms with E-state index in [1.807, 2.05) is 13.0 Å². The third-order valence-corrected chi connectivity index (χ3v) is 3.29. The van der Waals surface area contributed by atoms with E-state index in [9.17, 15) is 9.18 Å². The van der Waals surface area contributed by atoms with Crippen LogP contribution >= 0.6 is 15.9 Å². The third-order valence-electron chi connectivity index (χ3n) is 2.68. The van der Waals surface area contributed by atoms with E-state index in [2.05, 4.69) is 21.0 Å². The molecule has 0 aliphatic heterocycles. The summed E-state index contributed by atoms with van der Waals surface area (Å²) >= 11 is 3.07. The second-order valence-electron chi connectivity index (χ2n) is 4.13. The van der Waals surface area contributed by atoms with Crippen molar-refractivity contribution in [3.05, 3.63) is 51.5 Å². The van der Waals surface area contributed by atoms with Crippen LogP contribution < -0.4 is 0 Å². The van der Waals surface area contributed by atoms with E-state index in [0.29, 0.717) is 10.0 Å². The fourth-order valence-electron chi connectivity index (χ4n) is 1.77. The number of rotatable bonds is 3. The Labute approximate surface area is 113 Å². The van der Waals surface area contributed by atoms with Gasteiger partial charge in [0.05, 0.1) is 16.6 Å². The van der Waals surface area contributed by atoms with Crippen molar-refractivity contribution in [2.75, 3.05) is 0 Å². The van der Waals surface area contributed by atoms with Gasteiger partial charge in [-0.3, -0.25) is 9.48 Å². The second kappa shape index (κ2) is 5.02. The topological polar surface area (TPSA) is 34.9 Å². The molecule has 0 aliphatic rings. The molecule has 0 radical (unpaired) electrons. The number of Topliss-reactive ketones (excluding diaryl/α,β-unsaturated/α-hetero) is 1. The highest BCUT2D eigenvalue weighted by molar-refractivity contribution is 9.10. The zero-order valence-electron chi connectivity index (χ0n) is 10.1. The number of aromatic nitrogens is 2. The highest BCUT2D eigenvalue weighted by Crippen LogP contribution is 2.18. The Morgan fingerprint density at radius 2 is 2.17 bits per heavy atom. The van der Waals surface area contributed by atoms with E-state index in [4.69, 9.17) is 0 Å². The van der Waals surface area contributed by atoms with Crippen LogP contribution in [-0.4, -0.2) is 15.6 Å². The summed E-state index contributed by atoms with van der Waals surface area (Å²) in [6, 6.07) is 6.15. The Morgan fingerprint density at radius 1 is 1.44 bits per heavy atom. The van der Waals surface area contributed by atoms with Gasteiger partial charge in [-0.2, -0.15) is 5.10 Å². The first-order valence-electron chi connectivity index (χ1n) is 5.45. The van der Waals surface area contributed by atoms with Gasteiger partial charge in [-0.05, 0) is 47.1 Å². The van der Waals surface area contributed by atoms with Gasteiger partial charge in [0.25, 0.3) is 0 Å². The maximum atomic E-state index is 13.1. The summed E-state index contributed by atoms with van der Waals surface area (Å²) in [6.45, 7) is 1.88. The second-order valence-corrected chi connectivity index (χ2v) is 4.98. The quantitative estimate of drug-likeness (QED) is 0.817. The SMILES string of the molecule is Cc1cc(CC(=O)c2ccc(F)c(Br)c2)n(C)n1. The van der Waals surface area contributed by atoms with Crippen LogP contribution in [0, 0.1) is 12.7 Å². The van der Waals surface area contributed by atoms with Crippen LogP contribution in [-0.2, 0) is 13.5 Å². The van der Waals surface area contributed by atoms with Gasteiger partial charge in [-0.25, -0.2) is 4.39 Å². The first kappa shape index (κ1) is 13.0. The lowest BCUT2D eigenvalue weighted by Gasteiger charge is -2.03. The zero-order valence-corrected chi connectivity index (χ0v) is 11.7. The molecule has 1 aromatic heterocycles. The van der Waals surface area contributed by atoms with Gasteiger partial charge in [0.15, 0.2) is 5.78 Å². The molecule has 0 N–H and O–H groups in total. The molecule has 2 rings (SSSR count). The minimum atomic E-state index is -0.372. The first-order valence-corrected chi connectivity index (χ1v) is 6.24. The molecule has 0 saturated heterocycles. The summed E-state index contributed by atoms with van der Waals surface area (Å²) in [5.74, 6) is -0.429. The van der Waals surface area contributed by atoms with E-state index in [0.717, 1.165) is 11.4 Å². The highest BCUT2D eigenvalue weighted by atomic mass is 79.9. The van der Waals surface area contributed by atoms with Gasteiger partial charge in [0.2, 0.25) is 0 Å². The molecule has 0 atom stereocenters. The predicted octanol–water partition coefficient (Wildman–Crippen LogP) is 3.06. The number of benzene rings is 1. The molecule has 0 spiro atoms. The van der Waals surface area contributed by atoms with Crippen molar-refractivity contribution in [3.8, 4) is 0 Å². The predicted molar refractivity (Wildman–Crippen MR) is 70.1 cm³/mol. The van der Waals surface area contributed by atoms with Crippen molar-refractivity contribution in [3.63, 3.8) is 0 Å². The molecule has 2 aromatic rings. The van der Waals surface area contributed by atoms with Crippen molar-refractivity contribution in [2.24, 2.45) is 7.05 Å². The van der Waals surface area contributed by atoms with Crippen molar-refractivity contribution in [1.82, 2.24) is 9.78 Å². The normalized spacial score (nSPS) is 10.7. The standard InChI is InChI=1S/C13H12BrFN2O/c1-8-5-10(17(2)16-8)7-13(18)9-3-4-12(15)11(14)6-9/h3-6H,7H2,1-2H3.